The summed E-state index contributed by atoms with van der Waals surface area (Å²) in [6.45, 7) is 10.7. The highest BCUT2D eigenvalue weighted by atomic mass is 16.5. The lowest BCUT2D eigenvalue weighted by Crippen LogP contribution is -2.05. The Morgan fingerprint density at radius 3 is 2.37 bits per heavy atom. The zero-order valence-electron chi connectivity index (χ0n) is 13.2. The van der Waals surface area contributed by atoms with Crippen molar-refractivity contribution in [2.75, 3.05) is 6.61 Å². The van der Waals surface area contributed by atoms with Gasteiger partial charge < -0.3 is 4.74 Å². The Morgan fingerprint density at radius 2 is 1.79 bits per heavy atom. The Kier molecular flexibility index (Phi) is 10.2. The predicted molar refractivity (Wildman–Crippen MR) is 82.0 cm³/mol. The van der Waals surface area contributed by atoms with Gasteiger partial charge in [-0.05, 0) is 38.5 Å². The van der Waals surface area contributed by atoms with E-state index in [1.54, 1.807) is 0 Å². The topological polar surface area (TPSA) is 26.3 Å². The first-order chi connectivity index (χ1) is 8.91. The van der Waals surface area contributed by atoms with Crippen molar-refractivity contribution in [3.63, 3.8) is 0 Å². The number of carbonyl (C=O) groups is 1. The van der Waals surface area contributed by atoms with Gasteiger partial charge in [0.05, 0.1) is 6.61 Å². The van der Waals surface area contributed by atoms with Crippen molar-refractivity contribution < 1.29 is 9.53 Å². The van der Waals surface area contributed by atoms with Crippen LogP contribution in [0.2, 0.25) is 0 Å². The molecule has 2 heteroatoms. The number of hydrogen-bond donors (Lipinski definition) is 0. The Bertz CT molecular complexity index is 298. The molecule has 0 N–H and O–H groups in total. The largest absolute Gasteiger partial charge is 0.466 e. The molecule has 2 nitrogen and oxygen atoms in total. The van der Waals surface area contributed by atoms with E-state index in [-0.39, 0.29) is 5.97 Å². The summed E-state index contributed by atoms with van der Waals surface area (Å²) in [5.41, 5.74) is 1.34. The van der Waals surface area contributed by atoms with Crippen LogP contribution in [0.5, 0.6) is 0 Å². The van der Waals surface area contributed by atoms with Crippen LogP contribution < -0.4 is 0 Å². The summed E-state index contributed by atoms with van der Waals surface area (Å²) in [7, 11) is 0. The highest BCUT2D eigenvalue weighted by molar-refractivity contribution is 5.65. The normalized spacial score (nSPS) is 14.2. The summed E-state index contributed by atoms with van der Waals surface area (Å²) in [6, 6.07) is 0. The van der Waals surface area contributed by atoms with Crippen molar-refractivity contribution in [2.45, 2.75) is 60.3 Å². The van der Waals surface area contributed by atoms with E-state index in [9.17, 15) is 4.79 Å². The standard InChI is InChI=1S/C17H30O2/c1-14(2)8-6-9-15(3)10-7-11-16(4)12-13-19-17(5)18/h6,8-9,15-16H,7,10-13H2,1-5H3. The average molecular weight is 266 g/mol. The van der Waals surface area contributed by atoms with Gasteiger partial charge in [0.15, 0.2) is 0 Å². The second-order valence-electron chi connectivity index (χ2n) is 5.77. The van der Waals surface area contributed by atoms with Gasteiger partial charge >= 0.3 is 5.97 Å². The zero-order valence-corrected chi connectivity index (χ0v) is 13.2. The van der Waals surface area contributed by atoms with Gasteiger partial charge in [0, 0.05) is 6.92 Å². The summed E-state index contributed by atoms with van der Waals surface area (Å²) < 4.78 is 4.96. The summed E-state index contributed by atoms with van der Waals surface area (Å²) in [5, 5.41) is 0. The second kappa shape index (κ2) is 10.8. The van der Waals surface area contributed by atoms with E-state index in [2.05, 4.69) is 45.9 Å². The van der Waals surface area contributed by atoms with E-state index in [1.165, 1.54) is 31.8 Å². The maximum atomic E-state index is 10.6. The fourth-order valence-corrected chi connectivity index (χ4v) is 1.87. The molecule has 0 saturated heterocycles. The van der Waals surface area contributed by atoms with Crippen LogP contribution in [0, 0.1) is 11.8 Å². The minimum Gasteiger partial charge on any atom is -0.466 e. The van der Waals surface area contributed by atoms with Gasteiger partial charge in [-0.25, -0.2) is 0 Å². The third-order valence-electron chi connectivity index (χ3n) is 3.14. The van der Waals surface area contributed by atoms with Crippen molar-refractivity contribution in [2.24, 2.45) is 11.8 Å². The van der Waals surface area contributed by atoms with Crippen molar-refractivity contribution in [1.82, 2.24) is 0 Å². The highest BCUT2D eigenvalue weighted by Gasteiger charge is 2.04. The molecule has 0 aromatic rings. The SMILES string of the molecule is CC(=O)OCCC(C)CCCC(C)C=CC=C(C)C. The summed E-state index contributed by atoms with van der Waals surface area (Å²) in [6.07, 6.45) is 11.2. The van der Waals surface area contributed by atoms with Gasteiger partial charge in [-0.1, -0.05) is 50.5 Å². The van der Waals surface area contributed by atoms with Gasteiger partial charge in [-0.2, -0.15) is 0 Å². The van der Waals surface area contributed by atoms with Crippen LogP contribution in [0.15, 0.2) is 23.8 Å². The minimum atomic E-state index is -0.176. The Morgan fingerprint density at radius 1 is 1.11 bits per heavy atom. The first-order valence-corrected chi connectivity index (χ1v) is 7.37. The Balaban J connectivity index is 3.63. The monoisotopic (exact) mass is 266 g/mol. The van der Waals surface area contributed by atoms with Crippen LogP contribution in [0.1, 0.15) is 60.3 Å². The molecule has 0 aliphatic carbocycles. The van der Waals surface area contributed by atoms with E-state index in [0.717, 1.165) is 6.42 Å². The van der Waals surface area contributed by atoms with Crippen LogP contribution in [-0.4, -0.2) is 12.6 Å². The van der Waals surface area contributed by atoms with Gasteiger partial charge in [0.25, 0.3) is 0 Å². The quantitative estimate of drug-likeness (QED) is 0.438. The summed E-state index contributed by atoms with van der Waals surface area (Å²) in [4.78, 5) is 10.6. The Labute approximate surface area is 118 Å². The maximum absolute atomic E-state index is 10.6. The van der Waals surface area contributed by atoms with Crippen LogP contribution in [0.25, 0.3) is 0 Å². The third kappa shape index (κ3) is 13.2. The summed E-state index contributed by atoms with van der Waals surface area (Å²) >= 11 is 0. The molecule has 0 rings (SSSR count). The fraction of sp³-hybridized carbons (Fsp3) is 0.706. The first-order valence-electron chi connectivity index (χ1n) is 7.37. The molecule has 0 radical (unpaired) electrons. The molecule has 19 heavy (non-hydrogen) atoms. The van der Waals surface area contributed by atoms with E-state index in [1.807, 2.05) is 0 Å². The molecule has 0 aliphatic rings. The van der Waals surface area contributed by atoms with E-state index >= 15 is 0 Å². The molecule has 0 fully saturated rings. The minimum absolute atomic E-state index is 0.176. The lowest BCUT2D eigenvalue weighted by molar-refractivity contribution is -0.141. The lowest BCUT2D eigenvalue weighted by Gasteiger charge is -2.12. The van der Waals surface area contributed by atoms with Crippen molar-refractivity contribution in [3.8, 4) is 0 Å². The summed E-state index contributed by atoms with van der Waals surface area (Å²) in [5.74, 6) is 1.09. The first kappa shape index (κ1) is 17.9. The number of carbonyl (C=O) groups excluding carboxylic acids is 1. The molecule has 110 valence electrons. The Hall–Kier alpha value is -1.05. The molecule has 0 saturated carbocycles. The number of esters is 1. The molecule has 0 aliphatic heterocycles. The fourth-order valence-electron chi connectivity index (χ4n) is 1.87. The van der Waals surface area contributed by atoms with E-state index in [0.29, 0.717) is 18.4 Å². The molecule has 2 atom stereocenters. The molecule has 0 heterocycles. The smallest absolute Gasteiger partial charge is 0.302 e. The van der Waals surface area contributed by atoms with Gasteiger partial charge in [0.2, 0.25) is 0 Å². The van der Waals surface area contributed by atoms with E-state index < -0.39 is 0 Å². The van der Waals surface area contributed by atoms with Crippen LogP contribution in [-0.2, 0) is 9.53 Å². The maximum Gasteiger partial charge on any atom is 0.302 e. The van der Waals surface area contributed by atoms with E-state index in [4.69, 9.17) is 4.74 Å². The zero-order chi connectivity index (χ0) is 14.7. The lowest BCUT2D eigenvalue weighted by atomic mass is 9.96. The second-order valence-corrected chi connectivity index (χ2v) is 5.77. The van der Waals surface area contributed by atoms with Crippen molar-refractivity contribution in [3.05, 3.63) is 23.8 Å². The van der Waals surface area contributed by atoms with Gasteiger partial charge in [-0.15, -0.1) is 0 Å². The van der Waals surface area contributed by atoms with Crippen LogP contribution in [0.4, 0.5) is 0 Å². The molecule has 2 unspecified atom stereocenters. The molecular formula is C17H30O2. The number of hydrogen-bond acceptors (Lipinski definition) is 2. The highest BCUT2D eigenvalue weighted by Crippen LogP contribution is 2.16. The number of rotatable bonds is 9. The van der Waals surface area contributed by atoms with Crippen LogP contribution in [0.3, 0.4) is 0 Å². The van der Waals surface area contributed by atoms with Crippen molar-refractivity contribution in [1.29, 1.82) is 0 Å². The number of allylic oxidation sites excluding steroid dienone is 4. The molecule has 0 aromatic heterocycles. The third-order valence-corrected chi connectivity index (χ3v) is 3.14. The van der Waals surface area contributed by atoms with Crippen LogP contribution >= 0.6 is 0 Å². The van der Waals surface area contributed by atoms with Crippen molar-refractivity contribution >= 4 is 5.97 Å². The average Bonchev–Trinajstić information content (AvgIpc) is 2.27. The molecule has 0 aromatic carbocycles. The molecule has 0 amide bonds. The predicted octanol–water partition coefficient (Wildman–Crippen LogP) is 4.90. The number of ether oxygens (including phenoxy) is 1. The molecule has 0 bridgehead atoms. The van der Waals surface area contributed by atoms with Gasteiger partial charge in [0.1, 0.15) is 0 Å². The van der Waals surface area contributed by atoms with Gasteiger partial charge in [-0.3, -0.25) is 4.79 Å². The molecule has 0 spiro atoms. The molecular weight excluding hydrogens is 236 g/mol.